The Morgan fingerprint density at radius 1 is 1.44 bits per heavy atom. The summed E-state index contributed by atoms with van der Waals surface area (Å²) < 4.78 is 29.4. The molecule has 100 valence electrons. The number of benzene rings is 1. The summed E-state index contributed by atoms with van der Waals surface area (Å²) in [6, 6.07) is 7.10. The third-order valence-electron chi connectivity index (χ3n) is 2.55. The second kappa shape index (κ2) is 6.33. The van der Waals surface area contributed by atoms with E-state index in [1.165, 1.54) is 14.0 Å². The van der Waals surface area contributed by atoms with Gasteiger partial charge in [-0.3, -0.25) is 4.79 Å². The quantitative estimate of drug-likeness (QED) is 0.775. The van der Waals surface area contributed by atoms with Gasteiger partial charge in [0.05, 0.1) is 24.5 Å². The fourth-order valence-electron chi connectivity index (χ4n) is 1.45. The molecule has 0 amide bonds. The molecule has 0 aliphatic carbocycles. The highest BCUT2D eigenvalue weighted by Crippen LogP contribution is 2.17. The van der Waals surface area contributed by atoms with Crippen molar-refractivity contribution >= 4 is 31.7 Å². The molecule has 6 heteroatoms. The topological polar surface area (TPSA) is 60.4 Å². The van der Waals surface area contributed by atoms with Gasteiger partial charge in [0.25, 0.3) is 0 Å². The van der Waals surface area contributed by atoms with E-state index >= 15 is 0 Å². The molecular formula is C12H15BrO4S. The van der Waals surface area contributed by atoms with Gasteiger partial charge in [0, 0.05) is 4.47 Å². The summed E-state index contributed by atoms with van der Waals surface area (Å²) in [5.41, 5.74) is 0.695. The van der Waals surface area contributed by atoms with Crippen molar-refractivity contribution in [3.05, 3.63) is 34.3 Å². The number of hydrogen-bond donors (Lipinski definition) is 0. The lowest BCUT2D eigenvalue weighted by molar-refractivity contribution is -0.140. The van der Waals surface area contributed by atoms with Crippen molar-refractivity contribution in [2.24, 2.45) is 0 Å². The summed E-state index contributed by atoms with van der Waals surface area (Å²) >= 11 is 3.29. The van der Waals surface area contributed by atoms with Crippen molar-refractivity contribution < 1.29 is 17.9 Å². The van der Waals surface area contributed by atoms with Crippen molar-refractivity contribution in [1.82, 2.24) is 0 Å². The summed E-state index contributed by atoms with van der Waals surface area (Å²) in [5.74, 6) is -0.592. The Morgan fingerprint density at radius 3 is 2.67 bits per heavy atom. The van der Waals surface area contributed by atoms with E-state index in [9.17, 15) is 13.2 Å². The van der Waals surface area contributed by atoms with E-state index in [0.29, 0.717) is 5.56 Å². The minimum Gasteiger partial charge on any atom is -0.469 e. The fraction of sp³-hybridized carbons (Fsp3) is 0.417. The summed E-state index contributed by atoms with van der Waals surface area (Å²) in [4.78, 5) is 11.1. The van der Waals surface area contributed by atoms with Crippen molar-refractivity contribution in [2.45, 2.75) is 24.3 Å². The van der Waals surface area contributed by atoms with Gasteiger partial charge in [-0.05, 0) is 24.6 Å². The summed E-state index contributed by atoms with van der Waals surface area (Å²) in [6.45, 7) is 1.52. The normalized spacial score (nSPS) is 13.1. The second-order valence-electron chi connectivity index (χ2n) is 4.03. The van der Waals surface area contributed by atoms with Crippen LogP contribution in [-0.4, -0.2) is 26.7 Å². The average molecular weight is 335 g/mol. The van der Waals surface area contributed by atoms with Crippen LogP contribution in [0, 0.1) is 0 Å². The smallest absolute Gasteiger partial charge is 0.306 e. The number of esters is 1. The Balaban J connectivity index is 2.78. The van der Waals surface area contributed by atoms with Gasteiger partial charge in [-0.1, -0.05) is 28.1 Å². The predicted octanol–water partition coefficient (Wildman–Crippen LogP) is 2.32. The minimum atomic E-state index is -3.36. The van der Waals surface area contributed by atoms with Crippen LogP contribution >= 0.6 is 15.9 Å². The van der Waals surface area contributed by atoms with Crippen LogP contribution in [0.1, 0.15) is 18.9 Å². The zero-order valence-corrected chi connectivity index (χ0v) is 12.6. The molecule has 1 atom stereocenters. The molecule has 1 aromatic carbocycles. The number of sulfone groups is 1. The van der Waals surface area contributed by atoms with Crippen LogP contribution in [0.5, 0.6) is 0 Å². The lowest BCUT2D eigenvalue weighted by Crippen LogP contribution is -2.23. The van der Waals surface area contributed by atoms with Crippen LogP contribution in [0.3, 0.4) is 0 Å². The van der Waals surface area contributed by atoms with Crippen LogP contribution in [0.25, 0.3) is 0 Å². The molecule has 0 aliphatic rings. The Hall–Kier alpha value is -0.880. The van der Waals surface area contributed by atoms with E-state index in [4.69, 9.17) is 0 Å². The highest BCUT2D eigenvalue weighted by atomic mass is 79.9. The molecule has 0 spiro atoms. The van der Waals surface area contributed by atoms with Gasteiger partial charge in [0.15, 0.2) is 9.84 Å². The van der Waals surface area contributed by atoms with Crippen LogP contribution in [0.2, 0.25) is 0 Å². The van der Waals surface area contributed by atoms with Crippen molar-refractivity contribution in [3.8, 4) is 0 Å². The van der Waals surface area contributed by atoms with Gasteiger partial charge in [0.1, 0.15) is 0 Å². The van der Waals surface area contributed by atoms with Gasteiger partial charge in [-0.15, -0.1) is 0 Å². The lowest BCUT2D eigenvalue weighted by atomic mass is 10.2. The van der Waals surface area contributed by atoms with Gasteiger partial charge < -0.3 is 4.74 Å². The number of halogens is 1. The third kappa shape index (κ3) is 4.42. The highest BCUT2D eigenvalue weighted by Gasteiger charge is 2.24. The highest BCUT2D eigenvalue weighted by molar-refractivity contribution is 9.10. The molecule has 1 aromatic rings. The maximum Gasteiger partial charge on any atom is 0.306 e. The Kier molecular flexibility index (Phi) is 5.34. The molecule has 0 aromatic heterocycles. The fourth-order valence-corrected chi connectivity index (χ4v) is 3.21. The third-order valence-corrected chi connectivity index (χ3v) is 5.17. The van der Waals surface area contributed by atoms with Gasteiger partial charge >= 0.3 is 5.97 Å². The van der Waals surface area contributed by atoms with Crippen molar-refractivity contribution in [2.75, 3.05) is 7.11 Å². The molecule has 0 radical (unpaired) electrons. The van der Waals surface area contributed by atoms with Crippen molar-refractivity contribution in [1.29, 1.82) is 0 Å². The first-order chi connectivity index (χ1) is 8.35. The maximum absolute atomic E-state index is 12.0. The van der Waals surface area contributed by atoms with Gasteiger partial charge in [0.2, 0.25) is 0 Å². The van der Waals surface area contributed by atoms with Crippen LogP contribution in [-0.2, 0) is 25.1 Å². The number of ether oxygens (including phenoxy) is 1. The van der Waals surface area contributed by atoms with E-state index < -0.39 is 21.1 Å². The maximum atomic E-state index is 12.0. The Bertz CT molecular complexity index is 525. The molecule has 0 fully saturated rings. The SMILES string of the molecule is COC(=O)CC(C)S(=O)(=O)Cc1cccc(Br)c1. The van der Waals surface area contributed by atoms with Crippen LogP contribution < -0.4 is 0 Å². The van der Waals surface area contributed by atoms with Crippen LogP contribution in [0.15, 0.2) is 28.7 Å². The molecule has 0 aliphatic heterocycles. The molecular weight excluding hydrogens is 320 g/mol. The largest absolute Gasteiger partial charge is 0.469 e. The van der Waals surface area contributed by atoms with Gasteiger partial charge in [-0.2, -0.15) is 0 Å². The van der Waals surface area contributed by atoms with Crippen molar-refractivity contribution in [3.63, 3.8) is 0 Å². The van der Waals surface area contributed by atoms with Crippen LogP contribution in [0.4, 0.5) is 0 Å². The lowest BCUT2D eigenvalue weighted by Gasteiger charge is -2.11. The van der Waals surface area contributed by atoms with E-state index in [-0.39, 0.29) is 12.2 Å². The molecule has 0 N–H and O–H groups in total. The standard InChI is InChI=1S/C12H15BrO4S/c1-9(6-12(14)17-2)18(15,16)8-10-4-3-5-11(13)7-10/h3-5,7,9H,6,8H2,1-2H3. The number of carbonyl (C=O) groups excluding carboxylic acids is 1. The number of rotatable bonds is 5. The number of hydrogen-bond acceptors (Lipinski definition) is 4. The van der Waals surface area contributed by atoms with E-state index in [0.717, 1.165) is 4.47 Å². The van der Waals surface area contributed by atoms with E-state index in [1.807, 2.05) is 6.07 Å². The Labute approximate surface area is 115 Å². The zero-order valence-electron chi connectivity index (χ0n) is 10.2. The zero-order chi connectivity index (χ0) is 13.8. The molecule has 4 nitrogen and oxygen atoms in total. The predicted molar refractivity (Wildman–Crippen MR) is 72.9 cm³/mol. The molecule has 1 rings (SSSR count). The molecule has 0 heterocycles. The molecule has 0 saturated carbocycles. The number of methoxy groups -OCH3 is 1. The first-order valence-corrected chi connectivity index (χ1v) is 7.89. The molecule has 18 heavy (non-hydrogen) atoms. The Morgan fingerprint density at radius 2 is 2.11 bits per heavy atom. The first kappa shape index (κ1) is 15.2. The van der Waals surface area contributed by atoms with E-state index in [1.54, 1.807) is 18.2 Å². The molecule has 0 saturated heterocycles. The van der Waals surface area contributed by atoms with Gasteiger partial charge in [-0.25, -0.2) is 8.42 Å². The summed E-state index contributed by atoms with van der Waals surface area (Å²) in [6.07, 6.45) is -0.118. The first-order valence-electron chi connectivity index (χ1n) is 5.38. The monoisotopic (exact) mass is 334 g/mol. The minimum absolute atomic E-state index is 0.0788. The average Bonchev–Trinajstić information content (AvgIpc) is 2.28. The molecule has 1 unspecified atom stereocenters. The molecule has 0 bridgehead atoms. The summed E-state index contributed by atoms with van der Waals surface area (Å²) in [5, 5.41) is -0.746. The van der Waals surface area contributed by atoms with E-state index in [2.05, 4.69) is 20.7 Å². The number of carbonyl (C=O) groups is 1. The second-order valence-corrected chi connectivity index (χ2v) is 7.36. The summed E-state index contributed by atoms with van der Waals surface area (Å²) in [7, 11) is -2.11.